The molecule has 1 aromatic rings. The first-order chi connectivity index (χ1) is 9.71. The first kappa shape index (κ1) is 16.6. The van der Waals surface area contributed by atoms with E-state index in [0.29, 0.717) is 18.2 Å². The minimum atomic E-state index is 0.249. The first-order valence-electron chi connectivity index (χ1n) is 7.58. The van der Waals surface area contributed by atoms with Gasteiger partial charge in [-0.1, -0.05) is 20.3 Å². The van der Waals surface area contributed by atoms with Gasteiger partial charge in [0.1, 0.15) is 5.75 Å². The van der Waals surface area contributed by atoms with Gasteiger partial charge < -0.3 is 20.9 Å². The van der Waals surface area contributed by atoms with Crippen LogP contribution in [0.1, 0.15) is 39.5 Å². The molecule has 1 rings (SSSR count). The molecule has 20 heavy (non-hydrogen) atoms. The minimum Gasteiger partial charge on any atom is -0.491 e. The zero-order valence-electron chi connectivity index (χ0n) is 12.7. The van der Waals surface area contributed by atoms with Crippen molar-refractivity contribution in [1.82, 2.24) is 0 Å². The predicted octanol–water partition coefficient (Wildman–Crippen LogP) is 3.27. The SMILES string of the molecule is CCCOc1cc(NCC(CCC)CCO)ccc1N. The topological polar surface area (TPSA) is 67.5 Å². The van der Waals surface area contributed by atoms with E-state index in [0.717, 1.165) is 43.7 Å². The summed E-state index contributed by atoms with van der Waals surface area (Å²) in [5.74, 6) is 1.24. The van der Waals surface area contributed by atoms with Crippen LogP contribution in [0.2, 0.25) is 0 Å². The molecular weight excluding hydrogens is 252 g/mol. The molecule has 0 aliphatic heterocycles. The normalized spacial score (nSPS) is 12.2. The molecule has 114 valence electrons. The van der Waals surface area contributed by atoms with E-state index in [4.69, 9.17) is 15.6 Å². The second-order valence-electron chi connectivity index (χ2n) is 5.15. The Labute approximate surface area is 122 Å². The van der Waals surface area contributed by atoms with Crippen molar-refractivity contribution in [2.24, 2.45) is 5.92 Å². The molecule has 0 aliphatic rings. The standard InChI is InChI=1S/C16H28N2O2/c1-3-5-13(8-9-19)12-18-14-6-7-15(17)16(11-14)20-10-4-2/h6-7,11,13,18-19H,3-5,8-10,12,17H2,1-2H3. The highest BCUT2D eigenvalue weighted by Crippen LogP contribution is 2.26. The molecule has 4 nitrogen and oxygen atoms in total. The van der Waals surface area contributed by atoms with E-state index in [1.165, 1.54) is 0 Å². The molecule has 4 heteroatoms. The van der Waals surface area contributed by atoms with Gasteiger partial charge in [-0.25, -0.2) is 0 Å². The number of aliphatic hydroxyl groups is 1. The average molecular weight is 280 g/mol. The Bertz CT molecular complexity index is 377. The number of nitrogens with one attached hydrogen (secondary N) is 1. The quantitative estimate of drug-likeness (QED) is 0.575. The Kier molecular flexibility index (Phi) is 7.88. The highest BCUT2D eigenvalue weighted by molar-refractivity contribution is 5.61. The van der Waals surface area contributed by atoms with E-state index >= 15 is 0 Å². The molecule has 4 N–H and O–H groups in total. The molecule has 0 saturated heterocycles. The van der Waals surface area contributed by atoms with Crippen molar-refractivity contribution in [2.45, 2.75) is 39.5 Å². The number of nitrogen functional groups attached to an aromatic ring is 1. The monoisotopic (exact) mass is 280 g/mol. The summed E-state index contributed by atoms with van der Waals surface area (Å²) >= 11 is 0. The summed E-state index contributed by atoms with van der Waals surface area (Å²) < 4.78 is 5.62. The number of aliphatic hydroxyl groups excluding tert-OH is 1. The van der Waals surface area contributed by atoms with Crippen molar-refractivity contribution in [3.63, 3.8) is 0 Å². The molecule has 0 bridgehead atoms. The van der Waals surface area contributed by atoms with Crippen molar-refractivity contribution >= 4 is 11.4 Å². The van der Waals surface area contributed by atoms with Crippen LogP contribution in [-0.2, 0) is 0 Å². The lowest BCUT2D eigenvalue weighted by Crippen LogP contribution is -2.15. The van der Waals surface area contributed by atoms with Gasteiger partial charge >= 0.3 is 0 Å². The van der Waals surface area contributed by atoms with Crippen LogP contribution in [0.25, 0.3) is 0 Å². The Morgan fingerprint density at radius 2 is 2.05 bits per heavy atom. The summed E-state index contributed by atoms with van der Waals surface area (Å²) in [7, 11) is 0. The van der Waals surface area contributed by atoms with Gasteiger partial charge in [-0.2, -0.15) is 0 Å². The maximum absolute atomic E-state index is 9.07. The molecular formula is C16H28N2O2. The lowest BCUT2D eigenvalue weighted by molar-refractivity contribution is 0.255. The fourth-order valence-electron chi connectivity index (χ4n) is 2.18. The van der Waals surface area contributed by atoms with Gasteiger partial charge in [-0.3, -0.25) is 0 Å². The Hall–Kier alpha value is -1.42. The molecule has 0 aromatic heterocycles. The van der Waals surface area contributed by atoms with Crippen LogP contribution in [0.5, 0.6) is 5.75 Å². The van der Waals surface area contributed by atoms with Crippen molar-refractivity contribution in [3.05, 3.63) is 18.2 Å². The van der Waals surface area contributed by atoms with Crippen molar-refractivity contribution in [2.75, 3.05) is 30.8 Å². The maximum Gasteiger partial charge on any atom is 0.144 e. The predicted molar refractivity (Wildman–Crippen MR) is 85.2 cm³/mol. The molecule has 1 unspecified atom stereocenters. The number of benzene rings is 1. The Morgan fingerprint density at radius 1 is 1.25 bits per heavy atom. The van der Waals surface area contributed by atoms with Gasteiger partial charge in [0.25, 0.3) is 0 Å². The second-order valence-corrected chi connectivity index (χ2v) is 5.15. The lowest BCUT2D eigenvalue weighted by Gasteiger charge is -2.17. The summed E-state index contributed by atoms with van der Waals surface area (Å²) in [6.45, 7) is 6.04. The smallest absolute Gasteiger partial charge is 0.144 e. The van der Waals surface area contributed by atoms with Crippen LogP contribution >= 0.6 is 0 Å². The van der Waals surface area contributed by atoms with E-state index in [9.17, 15) is 0 Å². The Balaban J connectivity index is 2.57. The van der Waals surface area contributed by atoms with Crippen LogP contribution in [-0.4, -0.2) is 24.9 Å². The zero-order chi connectivity index (χ0) is 14.8. The van der Waals surface area contributed by atoms with Crippen LogP contribution < -0.4 is 15.8 Å². The molecule has 0 fully saturated rings. The summed E-state index contributed by atoms with van der Waals surface area (Å²) in [5.41, 5.74) is 7.58. The number of rotatable bonds is 10. The van der Waals surface area contributed by atoms with E-state index in [1.807, 2.05) is 18.2 Å². The zero-order valence-corrected chi connectivity index (χ0v) is 12.7. The summed E-state index contributed by atoms with van der Waals surface area (Å²) in [6, 6.07) is 5.79. The van der Waals surface area contributed by atoms with Gasteiger partial charge in [-0.05, 0) is 37.3 Å². The Morgan fingerprint density at radius 3 is 2.70 bits per heavy atom. The molecule has 0 amide bonds. The summed E-state index contributed by atoms with van der Waals surface area (Å²) in [4.78, 5) is 0. The average Bonchev–Trinajstić information content (AvgIpc) is 2.45. The van der Waals surface area contributed by atoms with Gasteiger partial charge in [0.15, 0.2) is 0 Å². The maximum atomic E-state index is 9.07. The third kappa shape index (κ3) is 5.70. The number of ether oxygens (including phenoxy) is 1. The van der Waals surface area contributed by atoms with Crippen LogP contribution in [0.4, 0.5) is 11.4 Å². The van der Waals surface area contributed by atoms with Crippen molar-refractivity contribution in [3.8, 4) is 5.75 Å². The summed E-state index contributed by atoms with van der Waals surface area (Å²) in [6.07, 6.45) is 4.07. The minimum absolute atomic E-state index is 0.249. The number of anilines is 2. The van der Waals surface area contributed by atoms with Gasteiger partial charge in [0.05, 0.1) is 12.3 Å². The van der Waals surface area contributed by atoms with Gasteiger partial charge in [0, 0.05) is 24.9 Å². The van der Waals surface area contributed by atoms with Gasteiger partial charge in [-0.15, -0.1) is 0 Å². The molecule has 0 radical (unpaired) electrons. The third-order valence-electron chi connectivity index (χ3n) is 3.30. The number of hydrogen-bond donors (Lipinski definition) is 3. The van der Waals surface area contributed by atoms with Crippen molar-refractivity contribution in [1.29, 1.82) is 0 Å². The fraction of sp³-hybridized carbons (Fsp3) is 0.625. The molecule has 1 aromatic carbocycles. The summed E-state index contributed by atoms with van der Waals surface area (Å²) in [5, 5.41) is 12.5. The first-order valence-corrected chi connectivity index (χ1v) is 7.58. The van der Waals surface area contributed by atoms with Crippen molar-refractivity contribution < 1.29 is 9.84 Å². The van der Waals surface area contributed by atoms with E-state index < -0.39 is 0 Å². The molecule has 0 saturated carbocycles. The second kappa shape index (κ2) is 9.48. The highest BCUT2D eigenvalue weighted by Gasteiger charge is 2.08. The fourth-order valence-corrected chi connectivity index (χ4v) is 2.18. The molecule has 0 heterocycles. The largest absolute Gasteiger partial charge is 0.491 e. The molecule has 1 atom stereocenters. The highest BCUT2D eigenvalue weighted by atomic mass is 16.5. The van der Waals surface area contributed by atoms with Crippen LogP contribution in [0, 0.1) is 5.92 Å². The molecule has 0 spiro atoms. The number of nitrogens with two attached hydrogens (primary N) is 1. The van der Waals surface area contributed by atoms with E-state index in [-0.39, 0.29) is 6.61 Å². The van der Waals surface area contributed by atoms with Crippen LogP contribution in [0.3, 0.4) is 0 Å². The van der Waals surface area contributed by atoms with Gasteiger partial charge in [0.2, 0.25) is 0 Å². The van der Waals surface area contributed by atoms with Crippen LogP contribution in [0.15, 0.2) is 18.2 Å². The molecule has 0 aliphatic carbocycles. The third-order valence-corrected chi connectivity index (χ3v) is 3.30. The number of hydrogen-bond acceptors (Lipinski definition) is 4. The van der Waals surface area contributed by atoms with E-state index in [1.54, 1.807) is 0 Å². The van der Waals surface area contributed by atoms with E-state index in [2.05, 4.69) is 19.2 Å². The lowest BCUT2D eigenvalue weighted by atomic mass is 10.00.